The van der Waals surface area contributed by atoms with Crippen molar-refractivity contribution in [2.75, 3.05) is 6.54 Å². The Kier molecular flexibility index (Phi) is 4.46. The van der Waals surface area contributed by atoms with Crippen LogP contribution in [-0.2, 0) is 0 Å². The number of carbonyl (C=O) groups excluding carboxylic acids is 1. The maximum atomic E-state index is 12.5. The van der Waals surface area contributed by atoms with Crippen LogP contribution in [0.4, 0.5) is 0 Å². The second-order valence-electron chi connectivity index (χ2n) is 5.48. The van der Waals surface area contributed by atoms with Crippen LogP contribution < -0.4 is 11.1 Å². The number of aryl methyl sites for hydroxylation is 1. The summed E-state index contributed by atoms with van der Waals surface area (Å²) in [4.78, 5) is 12.5. The van der Waals surface area contributed by atoms with E-state index >= 15 is 0 Å². The molecule has 0 spiro atoms. The summed E-state index contributed by atoms with van der Waals surface area (Å²) >= 11 is 0. The fourth-order valence-corrected chi connectivity index (χ4v) is 2.58. The van der Waals surface area contributed by atoms with E-state index in [9.17, 15) is 4.79 Å². The van der Waals surface area contributed by atoms with Crippen molar-refractivity contribution in [2.45, 2.75) is 45.1 Å². The average molecular weight is 270 g/mol. The maximum Gasteiger partial charge on any atom is 0.252 e. The van der Waals surface area contributed by atoms with E-state index in [1.54, 1.807) is 0 Å². The molecule has 20 heavy (non-hydrogen) atoms. The summed E-state index contributed by atoms with van der Waals surface area (Å²) in [6.45, 7) is 4.41. The summed E-state index contributed by atoms with van der Waals surface area (Å²) in [5, 5.41) is 3.21. The van der Waals surface area contributed by atoms with Crippen LogP contribution in [0.3, 0.4) is 0 Å². The first-order valence-electron chi connectivity index (χ1n) is 7.22. The van der Waals surface area contributed by atoms with E-state index in [4.69, 9.17) is 5.73 Å². The molecular weight excluding hydrogens is 248 g/mol. The van der Waals surface area contributed by atoms with Gasteiger partial charge in [0.2, 0.25) is 0 Å². The highest BCUT2D eigenvalue weighted by Crippen LogP contribution is 2.35. The van der Waals surface area contributed by atoms with E-state index < -0.39 is 0 Å². The lowest BCUT2D eigenvalue weighted by Gasteiger charge is -2.42. The monoisotopic (exact) mass is 270 g/mol. The predicted molar refractivity (Wildman–Crippen MR) is 81.5 cm³/mol. The number of hydrogen-bond donors (Lipinski definition) is 2. The zero-order chi connectivity index (χ0) is 14.6. The standard InChI is InChI=1S/C17H22N2O/c1-3-17(9-5-10-17)19-16(20)15-12-14(6-4-11-18)8-7-13(15)2/h7-8,12H,3,5,9-11,18H2,1-2H3,(H,19,20). The van der Waals surface area contributed by atoms with Gasteiger partial charge in [-0.1, -0.05) is 24.8 Å². The summed E-state index contributed by atoms with van der Waals surface area (Å²) < 4.78 is 0. The van der Waals surface area contributed by atoms with Crippen molar-refractivity contribution < 1.29 is 4.79 Å². The molecule has 1 aromatic carbocycles. The zero-order valence-corrected chi connectivity index (χ0v) is 12.3. The molecule has 1 aliphatic rings. The van der Waals surface area contributed by atoms with Crippen molar-refractivity contribution >= 4 is 5.91 Å². The van der Waals surface area contributed by atoms with E-state index in [2.05, 4.69) is 24.1 Å². The maximum absolute atomic E-state index is 12.5. The SMILES string of the molecule is CCC1(NC(=O)c2cc(C#CCN)ccc2C)CCC1. The normalized spacial score (nSPS) is 15.8. The van der Waals surface area contributed by atoms with Crippen LogP contribution in [0, 0.1) is 18.8 Å². The topological polar surface area (TPSA) is 55.1 Å². The molecule has 1 fully saturated rings. The highest BCUT2D eigenvalue weighted by atomic mass is 16.1. The Morgan fingerprint density at radius 3 is 2.75 bits per heavy atom. The molecule has 1 saturated carbocycles. The van der Waals surface area contributed by atoms with Gasteiger partial charge in [-0.2, -0.15) is 0 Å². The number of rotatable bonds is 3. The summed E-state index contributed by atoms with van der Waals surface area (Å²) in [5.74, 6) is 5.81. The molecule has 2 rings (SSSR count). The molecule has 1 amide bonds. The van der Waals surface area contributed by atoms with E-state index in [-0.39, 0.29) is 11.4 Å². The fourth-order valence-electron chi connectivity index (χ4n) is 2.58. The Morgan fingerprint density at radius 1 is 1.45 bits per heavy atom. The van der Waals surface area contributed by atoms with Gasteiger partial charge in [0, 0.05) is 16.7 Å². The lowest BCUT2D eigenvalue weighted by molar-refractivity contribution is 0.0820. The van der Waals surface area contributed by atoms with Crippen molar-refractivity contribution in [2.24, 2.45) is 5.73 Å². The Labute approximate surface area is 120 Å². The average Bonchev–Trinajstić information content (AvgIpc) is 2.41. The van der Waals surface area contributed by atoms with Gasteiger partial charge >= 0.3 is 0 Å². The molecule has 106 valence electrons. The Morgan fingerprint density at radius 2 is 2.20 bits per heavy atom. The second kappa shape index (κ2) is 6.11. The Hall–Kier alpha value is -1.79. The third-order valence-electron chi connectivity index (χ3n) is 4.18. The zero-order valence-electron chi connectivity index (χ0n) is 12.3. The van der Waals surface area contributed by atoms with E-state index in [0.717, 1.165) is 30.4 Å². The molecule has 0 atom stereocenters. The second-order valence-corrected chi connectivity index (χ2v) is 5.48. The van der Waals surface area contributed by atoms with Crippen molar-refractivity contribution in [3.63, 3.8) is 0 Å². The summed E-state index contributed by atoms with van der Waals surface area (Å²) in [6, 6.07) is 5.72. The van der Waals surface area contributed by atoms with Gasteiger partial charge in [0.05, 0.1) is 6.54 Å². The minimum Gasteiger partial charge on any atom is -0.347 e. The van der Waals surface area contributed by atoms with Crippen molar-refractivity contribution in [1.82, 2.24) is 5.32 Å². The number of amides is 1. The molecule has 0 aromatic heterocycles. The molecule has 0 saturated heterocycles. The highest BCUT2D eigenvalue weighted by Gasteiger charge is 2.36. The number of carbonyl (C=O) groups is 1. The molecular formula is C17H22N2O. The van der Waals surface area contributed by atoms with Crippen LogP contribution >= 0.6 is 0 Å². The van der Waals surface area contributed by atoms with Gasteiger partial charge in [0.15, 0.2) is 0 Å². The van der Waals surface area contributed by atoms with Crippen molar-refractivity contribution in [3.8, 4) is 11.8 Å². The molecule has 0 bridgehead atoms. The van der Waals surface area contributed by atoms with Gasteiger partial charge in [-0.05, 0) is 50.3 Å². The predicted octanol–water partition coefficient (Wildman–Crippen LogP) is 2.37. The summed E-state index contributed by atoms with van der Waals surface area (Å²) in [6.07, 6.45) is 4.36. The number of nitrogens with two attached hydrogens (primary N) is 1. The van der Waals surface area contributed by atoms with E-state index in [1.807, 2.05) is 25.1 Å². The van der Waals surface area contributed by atoms with Crippen LogP contribution in [0.2, 0.25) is 0 Å². The smallest absolute Gasteiger partial charge is 0.252 e. The van der Waals surface area contributed by atoms with Gasteiger partial charge in [-0.25, -0.2) is 0 Å². The third-order valence-corrected chi connectivity index (χ3v) is 4.18. The number of hydrogen-bond acceptors (Lipinski definition) is 2. The quantitative estimate of drug-likeness (QED) is 0.828. The molecule has 0 heterocycles. The van der Waals surface area contributed by atoms with Crippen LogP contribution in [0.25, 0.3) is 0 Å². The largest absolute Gasteiger partial charge is 0.347 e. The molecule has 0 unspecified atom stereocenters. The molecule has 1 aliphatic carbocycles. The number of benzene rings is 1. The first kappa shape index (κ1) is 14.6. The van der Waals surface area contributed by atoms with Crippen molar-refractivity contribution in [1.29, 1.82) is 0 Å². The Balaban J connectivity index is 2.20. The third kappa shape index (κ3) is 3.02. The van der Waals surface area contributed by atoms with E-state index in [1.165, 1.54) is 6.42 Å². The first-order valence-corrected chi connectivity index (χ1v) is 7.22. The van der Waals surface area contributed by atoms with Gasteiger partial charge < -0.3 is 11.1 Å². The lowest BCUT2D eigenvalue weighted by Crippen LogP contribution is -2.53. The Bertz CT molecular complexity index is 557. The molecule has 3 N–H and O–H groups in total. The van der Waals surface area contributed by atoms with Gasteiger partial charge in [0.25, 0.3) is 5.91 Å². The highest BCUT2D eigenvalue weighted by molar-refractivity contribution is 5.96. The fraction of sp³-hybridized carbons (Fsp3) is 0.471. The molecule has 0 aliphatic heterocycles. The van der Waals surface area contributed by atoms with Gasteiger partial charge in [-0.15, -0.1) is 0 Å². The van der Waals surface area contributed by atoms with Crippen molar-refractivity contribution in [3.05, 3.63) is 34.9 Å². The van der Waals surface area contributed by atoms with Crippen LogP contribution in [0.1, 0.15) is 54.1 Å². The number of nitrogens with one attached hydrogen (secondary N) is 1. The van der Waals surface area contributed by atoms with Crippen LogP contribution in [-0.4, -0.2) is 18.0 Å². The minimum atomic E-state index is 0.0143. The van der Waals surface area contributed by atoms with Crippen LogP contribution in [0.5, 0.6) is 0 Å². The van der Waals surface area contributed by atoms with E-state index in [0.29, 0.717) is 12.1 Å². The molecule has 1 aromatic rings. The van der Waals surface area contributed by atoms with Crippen LogP contribution in [0.15, 0.2) is 18.2 Å². The molecule has 3 nitrogen and oxygen atoms in total. The minimum absolute atomic E-state index is 0.0143. The molecule has 3 heteroatoms. The van der Waals surface area contributed by atoms with Gasteiger partial charge in [-0.3, -0.25) is 4.79 Å². The lowest BCUT2D eigenvalue weighted by atomic mass is 9.74. The summed E-state index contributed by atoms with van der Waals surface area (Å²) in [7, 11) is 0. The summed E-state index contributed by atoms with van der Waals surface area (Å²) in [5.41, 5.74) is 7.93. The molecule has 0 radical (unpaired) electrons. The first-order chi connectivity index (χ1) is 9.60. The van der Waals surface area contributed by atoms with Gasteiger partial charge in [0.1, 0.15) is 0 Å².